The number of aryl methyl sites for hydroxylation is 1. The number of hydrogen-bond acceptors (Lipinski definition) is 8. The molecule has 0 aliphatic heterocycles. The summed E-state index contributed by atoms with van der Waals surface area (Å²) >= 11 is 0. The maximum atomic E-state index is 11.5. The van der Waals surface area contributed by atoms with Gasteiger partial charge < -0.3 is 15.3 Å². The Labute approximate surface area is 158 Å². The molecule has 0 spiro atoms. The second-order valence-corrected chi connectivity index (χ2v) is 7.01. The number of aromatic hydroxyl groups is 1. The number of hydrogen-bond donors (Lipinski definition) is 4. The van der Waals surface area contributed by atoms with Crippen molar-refractivity contribution in [3.8, 4) is 5.75 Å². The Morgan fingerprint density at radius 2 is 1.71 bits per heavy atom. The van der Waals surface area contributed by atoms with Gasteiger partial charge in [-0.15, -0.1) is 10.2 Å². The molecule has 0 bridgehead atoms. The molecular weight excluding hydrogens is 394 g/mol. The van der Waals surface area contributed by atoms with Crippen molar-refractivity contribution in [1.82, 2.24) is 4.98 Å². The van der Waals surface area contributed by atoms with Gasteiger partial charge in [0.25, 0.3) is 10.1 Å². The summed E-state index contributed by atoms with van der Waals surface area (Å²) in [5.41, 5.74) is -0.478. The van der Waals surface area contributed by atoms with Crippen LogP contribution in [0.25, 0.3) is 0 Å². The molecular formula is C16H15N3O8S. The molecule has 0 fully saturated rings. The lowest BCUT2D eigenvalue weighted by molar-refractivity contribution is -0.136. The zero-order chi connectivity index (χ0) is 21.1. The predicted molar refractivity (Wildman–Crippen MR) is 94.0 cm³/mol. The van der Waals surface area contributed by atoms with Gasteiger partial charge in [-0.1, -0.05) is 0 Å². The molecule has 11 nitrogen and oxygen atoms in total. The molecule has 148 valence electrons. The van der Waals surface area contributed by atoms with Crippen LogP contribution in [0.15, 0.2) is 39.4 Å². The van der Waals surface area contributed by atoms with Crippen molar-refractivity contribution in [2.45, 2.75) is 24.7 Å². The third kappa shape index (κ3) is 4.86. The Balaban J connectivity index is 2.50. The molecule has 2 aromatic rings. The average molecular weight is 409 g/mol. The number of nitrogens with zero attached hydrogens (tertiary/aromatic N) is 3. The Morgan fingerprint density at radius 3 is 2.21 bits per heavy atom. The first-order valence-electron chi connectivity index (χ1n) is 7.67. The topological polar surface area (TPSA) is 187 Å². The van der Waals surface area contributed by atoms with Gasteiger partial charge in [0, 0.05) is 12.0 Å². The highest BCUT2D eigenvalue weighted by Gasteiger charge is 2.23. The summed E-state index contributed by atoms with van der Waals surface area (Å²) in [6.45, 7) is 1.35. The van der Waals surface area contributed by atoms with E-state index in [2.05, 4.69) is 15.2 Å². The summed E-state index contributed by atoms with van der Waals surface area (Å²) in [5, 5.41) is 35.9. The van der Waals surface area contributed by atoms with Crippen molar-refractivity contribution in [3.63, 3.8) is 0 Å². The van der Waals surface area contributed by atoms with Gasteiger partial charge in [-0.25, -0.2) is 9.78 Å². The number of aromatic nitrogens is 1. The van der Waals surface area contributed by atoms with Crippen LogP contribution in [0.5, 0.6) is 5.75 Å². The number of aliphatic carboxylic acids is 1. The first kappa shape index (κ1) is 20.9. The molecule has 1 aromatic heterocycles. The summed E-state index contributed by atoms with van der Waals surface area (Å²) in [6.07, 6.45) is -0.677. The fraction of sp³-hybridized carbons (Fsp3) is 0.188. The number of benzene rings is 1. The van der Waals surface area contributed by atoms with Crippen molar-refractivity contribution < 1.29 is 37.9 Å². The van der Waals surface area contributed by atoms with E-state index in [9.17, 15) is 28.2 Å². The molecule has 0 saturated heterocycles. The summed E-state index contributed by atoms with van der Waals surface area (Å²) in [7, 11) is -4.37. The van der Waals surface area contributed by atoms with Crippen LogP contribution in [-0.2, 0) is 21.3 Å². The first-order valence-corrected chi connectivity index (χ1v) is 9.11. The molecule has 0 unspecified atom stereocenters. The molecule has 0 amide bonds. The highest BCUT2D eigenvalue weighted by molar-refractivity contribution is 7.85. The van der Waals surface area contributed by atoms with Crippen LogP contribution >= 0.6 is 0 Å². The van der Waals surface area contributed by atoms with Gasteiger partial charge in [0.2, 0.25) is 0 Å². The Morgan fingerprint density at radius 1 is 1.11 bits per heavy atom. The van der Waals surface area contributed by atoms with Crippen LogP contribution < -0.4 is 0 Å². The zero-order valence-corrected chi connectivity index (χ0v) is 15.2. The second kappa shape index (κ2) is 8.10. The highest BCUT2D eigenvalue weighted by atomic mass is 32.2. The van der Waals surface area contributed by atoms with Crippen LogP contribution in [-0.4, -0.2) is 45.2 Å². The summed E-state index contributed by atoms with van der Waals surface area (Å²) in [6, 6.07) is 4.67. The van der Waals surface area contributed by atoms with E-state index in [1.165, 1.54) is 19.1 Å². The molecule has 1 aromatic carbocycles. The van der Waals surface area contributed by atoms with Crippen molar-refractivity contribution in [2.24, 2.45) is 10.2 Å². The lowest BCUT2D eigenvalue weighted by atomic mass is 10.0. The number of pyridine rings is 1. The zero-order valence-electron chi connectivity index (χ0n) is 14.4. The van der Waals surface area contributed by atoms with Gasteiger partial charge in [-0.2, -0.15) is 8.42 Å². The fourth-order valence-corrected chi connectivity index (χ4v) is 2.77. The molecule has 28 heavy (non-hydrogen) atoms. The minimum absolute atomic E-state index is 0.0350. The van der Waals surface area contributed by atoms with Crippen molar-refractivity contribution in [1.29, 1.82) is 0 Å². The third-order valence-electron chi connectivity index (χ3n) is 3.62. The van der Waals surface area contributed by atoms with Crippen molar-refractivity contribution in [3.05, 3.63) is 41.1 Å². The van der Waals surface area contributed by atoms with Gasteiger partial charge >= 0.3 is 11.9 Å². The Bertz CT molecular complexity index is 1060. The van der Waals surface area contributed by atoms with Gasteiger partial charge in [0.1, 0.15) is 5.56 Å². The summed E-state index contributed by atoms with van der Waals surface area (Å²) in [5.74, 6) is -3.44. The smallest absolute Gasteiger partial charge is 0.339 e. The predicted octanol–water partition coefficient (Wildman–Crippen LogP) is 2.47. The van der Waals surface area contributed by atoms with Crippen LogP contribution in [0.3, 0.4) is 0 Å². The number of rotatable bonds is 7. The Hall–Kier alpha value is -3.38. The quantitative estimate of drug-likeness (QED) is 0.393. The second-order valence-electron chi connectivity index (χ2n) is 5.59. The number of carboxylic acids is 2. The van der Waals surface area contributed by atoms with E-state index in [0.717, 1.165) is 12.1 Å². The van der Waals surface area contributed by atoms with Crippen LogP contribution in [0, 0.1) is 6.92 Å². The number of carbonyl (C=O) groups is 2. The number of aromatic carboxylic acids is 1. The first-order chi connectivity index (χ1) is 13.0. The molecule has 1 heterocycles. The van der Waals surface area contributed by atoms with E-state index in [4.69, 9.17) is 9.66 Å². The van der Waals surface area contributed by atoms with Crippen molar-refractivity contribution >= 4 is 33.6 Å². The van der Waals surface area contributed by atoms with Crippen LogP contribution in [0.2, 0.25) is 0 Å². The van der Waals surface area contributed by atoms with Gasteiger partial charge in [-0.3, -0.25) is 9.35 Å². The Kier molecular flexibility index (Phi) is 6.06. The highest BCUT2D eigenvalue weighted by Crippen LogP contribution is 2.33. The standard InChI is InChI=1S/C16H15N3O8S/c1-8-14(22)13(16(23)24)11(6-7-12(20)21)15(17-8)19-18-9-2-4-10(5-3-9)28(25,26)27/h2-5,22H,6-7H2,1H3,(H,20,21)(H,23,24)(H,25,26,27). The third-order valence-corrected chi connectivity index (χ3v) is 4.49. The monoisotopic (exact) mass is 409 g/mol. The fourth-order valence-electron chi connectivity index (χ4n) is 2.29. The van der Waals surface area contributed by atoms with E-state index in [1.54, 1.807) is 0 Å². The summed E-state index contributed by atoms with van der Waals surface area (Å²) in [4.78, 5) is 26.0. The van der Waals surface area contributed by atoms with E-state index in [0.29, 0.717) is 0 Å². The van der Waals surface area contributed by atoms with Gasteiger partial charge in [0.05, 0.1) is 16.3 Å². The number of azo groups is 1. The summed E-state index contributed by atoms with van der Waals surface area (Å²) < 4.78 is 31.0. The maximum Gasteiger partial charge on any atom is 0.339 e. The largest absolute Gasteiger partial charge is 0.505 e. The van der Waals surface area contributed by atoms with Gasteiger partial charge in [-0.05, 0) is 37.6 Å². The molecule has 0 radical (unpaired) electrons. The lowest BCUT2D eigenvalue weighted by Gasteiger charge is -2.11. The van der Waals surface area contributed by atoms with E-state index < -0.39 is 39.8 Å². The molecule has 0 atom stereocenters. The minimum Gasteiger partial charge on any atom is -0.505 e. The van der Waals surface area contributed by atoms with Crippen LogP contribution in [0.1, 0.15) is 28.0 Å². The molecule has 0 aliphatic rings. The average Bonchev–Trinajstić information content (AvgIpc) is 2.60. The molecule has 4 N–H and O–H groups in total. The van der Waals surface area contributed by atoms with Crippen molar-refractivity contribution in [2.75, 3.05) is 0 Å². The molecule has 2 rings (SSSR count). The normalized spacial score (nSPS) is 11.6. The molecule has 0 aliphatic carbocycles. The van der Waals surface area contributed by atoms with Gasteiger partial charge in [0.15, 0.2) is 11.6 Å². The number of carboxylic acid groups (broad SMARTS) is 2. The molecule has 12 heteroatoms. The van der Waals surface area contributed by atoms with E-state index in [-0.39, 0.29) is 34.1 Å². The SMILES string of the molecule is Cc1nc(N=Nc2ccc(S(=O)(=O)O)cc2)c(CCC(=O)O)c(C(=O)O)c1O. The maximum absolute atomic E-state index is 11.5. The molecule has 0 saturated carbocycles. The van der Waals surface area contributed by atoms with E-state index >= 15 is 0 Å². The van der Waals surface area contributed by atoms with Crippen LogP contribution in [0.4, 0.5) is 11.5 Å². The van der Waals surface area contributed by atoms with E-state index in [1.807, 2.05) is 0 Å². The minimum atomic E-state index is -4.37. The lowest BCUT2D eigenvalue weighted by Crippen LogP contribution is -2.08.